The normalized spacial score (nSPS) is 11.0. The number of hydrogen-bond donors (Lipinski definition) is 1. The number of amides is 1. The minimum absolute atomic E-state index is 0.141. The lowest BCUT2D eigenvalue weighted by Gasteiger charge is -2.16. The second-order valence-electron chi connectivity index (χ2n) is 4.34. The van der Waals surface area contributed by atoms with Gasteiger partial charge in [0.1, 0.15) is 5.75 Å². The summed E-state index contributed by atoms with van der Waals surface area (Å²) in [7, 11) is 1.72. The van der Waals surface area contributed by atoms with Crippen LogP contribution in [0.3, 0.4) is 0 Å². The van der Waals surface area contributed by atoms with Crippen molar-refractivity contribution in [3.05, 3.63) is 29.8 Å². The summed E-state index contributed by atoms with van der Waals surface area (Å²) in [5.74, 6) is 1.80. The molecule has 0 spiro atoms. The third-order valence-corrected chi connectivity index (χ3v) is 2.41. The maximum Gasteiger partial charge on any atom is 0.573 e. The SMILES string of the molecule is C#CCNC(=O)CN(C)Cc1ccc(OC(F)(F)F)cc1. The van der Waals surface area contributed by atoms with Crippen molar-refractivity contribution in [3.63, 3.8) is 0 Å². The zero-order chi connectivity index (χ0) is 15.9. The van der Waals surface area contributed by atoms with Crippen LogP contribution < -0.4 is 10.1 Å². The Bertz CT molecular complexity index is 506. The molecule has 0 atom stereocenters. The fourth-order valence-electron chi connectivity index (χ4n) is 1.61. The molecular weight excluding hydrogens is 285 g/mol. The van der Waals surface area contributed by atoms with Gasteiger partial charge in [0.25, 0.3) is 0 Å². The molecule has 0 saturated heterocycles. The molecule has 114 valence electrons. The first kappa shape index (κ1) is 16.9. The zero-order valence-electron chi connectivity index (χ0n) is 11.4. The molecule has 4 nitrogen and oxygen atoms in total. The van der Waals surface area contributed by atoms with Crippen LogP contribution in [0.25, 0.3) is 0 Å². The van der Waals surface area contributed by atoms with E-state index in [9.17, 15) is 18.0 Å². The van der Waals surface area contributed by atoms with Gasteiger partial charge < -0.3 is 10.1 Å². The Balaban J connectivity index is 2.48. The molecular formula is C14H15F3N2O2. The Hall–Kier alpha value is -2.20. The molecule has 0 heterocycles. The monoisotopic (exact) mass is 300 g/mol. The summed E-state index contributed by atoms with van der Waals surface area (Å²) in [6.45, 7) is 0.717. The van der Waals surface area contributed by atoms with Crippen LogP contribution in [0, 0.1) is 12.3 Å². The van der Waals surface area contributed by atoms with Crippen LogP contribution in [-0.4, -0.2) is 37.3 Å². The molecule has 1 rings (SSSR count). The van der Waals surface area contributed by atoms with E-state index in [4.69, 9.17) is 6.42 Å². The molecule has 0 bridgehead atoms. The lowest BCUT2D eigenvalue weighted by molar-refractivity contribution is -0.274. The number of alkyl halides is 3. The number of benzene rings is 1. The molecule has 1 aromatic rings. The third-order valence-electron chi connectivity index (χ3n) is 2.41. The molecule has 21 heavy (non-hydrogen) atoms. The van der Waals surface area contributed by atoms with Gasteiger partial charge in [-0.15, -0.1) is 19.6 Å². The fourth-order valence-corrected chi connectivity index (χ4v) is 1.61. The van der Waals surface area contributed by atoms with E-state index in [-0.39, 0.29) is 24.7 Å². The lowest BCUT2D eigenvalue weighted by Crippen LogP contribution is -2.34. The van der Waals surface area contributed by atoms with E-state index < -0.39 is 6.36 Å². The highest BCUT2D eigenvalue weighted by atomic mass is 19.4. The summed E-state index contributed by atoms with van der Waals surface area (Å²) in [5.41, 5.74) is 0.761. The number of halogens is 3. The van der Waals surface area contributed by atoms with Crippen LogP contribution in [0.15, 0.2) is 24.3 Å². The molecule has 0 aromatic heterocycles. The molecule has 0 aliphatic rings. The Kier molecular flexibility index (Phi) is 6.06. The van der Waals surface area contributed by atoms with Crippen molar-refractivity contribution in [2.75, 3.05) is 20.1 Å². The average molecular weight is 300 g/mol. The van der Waals surface area contributed by atoms with Gasteiger partial charge in [0.05, 0.1) is 13.1 Å². The summed E-state index contributed by atoms with van der Waals surface area (Å²) in [5, 5.41) is 2.52. The van der Waals surface area contributed by atoms with Gasteiger partial charge in [-0.2, -0.15) is 0 Å². The quantitative estimate of drug-likeness (QED) is 0.814. The zero-order valence-corrected chi connectivity index (χ0v) is 11.4. The van der Waals surface area contributed by atoms with Crippen molar-refractivity contribution in [2.24, 2.45) is 0 Å². The number of carbonyl (C=O) groups is 1. The second-order valence-corrected chi connectivity index (χ2v) is 4.34. The van der Waals surface area contributed by atoms with Crippen LogP contribution in [0.2, 0.25) is 0 Å². The van der Waals surface area contributed by atoms with E-state index in [0.717, 1.165) is 5.56 Å². The third kappa shape index (κ3) is 7.22. The van der Waals surface area contributed by atoms with E-state index in [0.29, 0.717) is 6.54 Å². The molecule has 7 heteroatoms. The number of nitrogens with zero attached hydrogens (tertiary/aromatic N) is 1. The highest BCUT2D eigenvalue weighted by molar-refractivity contribution is 5.78. The molecule has 1 aromatic carbocycles. The lowest BCUT2D eigenvalue weighted by atomic mass is 10.2. The number of terminal acetylenes is 1. The predicted molar refractivity (Wildman–Crippen MR) is 71.3 cm³/mol. The second kappa shape index (κ2) is 7.55. The van der Waals surface area contributed by atoms with Gasteiger partial charge in [-0.3, -0.25) is 9.69 Å². The standard InChI is InChI=1S/C14H15F3N2O2/c1-3-8-18-13(20)10-19(2)9-11-4-6-12(7-5-11)21-14(15,16)17/h1,4-7H,8-10H2,2H3,(H,18,20). The minimum atomic E-state index is -4.70. The van der Waals surface area contributed by atoms with Crippen molar-refractivity contribution in [3.8, 4) is 18.1 Å². The summed E-state index contributed by atoms with van der Waals surface area (Å²) < 4.78 is 39.8. The van der Waals surface area contributed by atoms with Crippen molar-refractivity contribution < 1.29 is 22.7 Å². The molecule has 0 fully saturated rings. The average Bonchev–Trinajstić information content (AvgIpc) is 2.37. The first-order valence-corrected chi connectivity index (χ1v) is 6.03. The van der Waals surface area contributed by atoms with E-state index in [1.807, 2.05) is 0 Å². The number of ether oxygens (including phenoxy) is 1. The molecule has 0 saturated carbocycles. The van der Waals surface area contributed by atoms with Gasteiger partial charge in [0.15, 0.2) is 0 Å². The molecule has 0 radical (unpaired) electrons. The first-order valence-electron chi connectivity index (χ1n) is 6.03. The van der Waals surface area contributed by atoms with Crippen molar-refractivity contribution in [1.82, 2.24) is 10.2 Å². The summed E-state index contributed by atoms with van der Waals surface area (Å²) >= 11 is 0. The molecule has 1 N–H and O–H groups in total. The number of likely N-dealkylation sites (N-methyl/N-ethyl adjacent to an activating group) is 1. The number of nitrogens with one attached hydrogen (secondary N) is 1. The van der Waals surface area contributed by atoms with Gasteiger partial charge in [-0.25, -0.2) is 0 Å². The van der Waals surface area contributed by atoms with E-state index in [1.54, 1.807) is 11.9 Å². The minimum Gasteiger partial charge on any atom is -0.406 e. The van der Waals surface area contributed by atoms with Gasteiger partial charge in [0, 0.05) is 6.54 Å². The van der Waals surface area contributed by atoms with E-state index in [1.165, 1.54) is 24.3 Å². The summed E-state index contributed by atoms with van der Waals surface area (Å²) in [6.07, 6.45) is 0.318. The Morgan fingerprint density at radius 1 is 1.38 bits per heavy atom. The molecule has 0 aliphatic carbocycles. The van der Waals surface area contributed by atoms with Crippen LogP contribution in [0.4, 0.5) is 13.2 Å². The summed E-state index contributed by atoms with van der Waals surface area (Å²) in [4.78, 5) is 13.1. The van der Waals surface area contributed by atoms with Crippen LogP contribution in [0.1, 0.15) is 5.56 Å². The Morgan fingerprint density at radius 2 is 2.00 bits per heavy atom. The topological polar surface area (TPSA) is 41.6 Å². The molecule has 1 amide bonds. The number of hydrogen-bond acceptors (Lipinski definition) is 3. The van der Waals surface area contributed by atoms with Crippen molar-refractivity contribution in [2.45, 2.75) is 12.9 Å². The van der Waals surface area contributed by atoms with Crippen molar-refractivity contribution >= 4 is 5.91 Å². The summed E-state index contributed by atoms with van der Waals surface area (Å²) in [6, 6.07) is 5.48. The van der Waals surface area contributed by atoms with Crippen LogP contribution in [0.5, 0.6) is 5.75 Å². The van der Waals surface area contributed by atoms with Gasteiger partial charge >= 0.3 is 6.36 Å². The van der Waals surface area contributed by atoms with Crippen molar-refractivity contribution in [1.29, 1.82) is 0 Å². The number of carbonyl (C=O) groups excluding carboxylic acids is 1. The van der Waals surface area contributed by atoms with E-state index in [2.05, 4.69) is 16.0 Å². The Labute approximate surface area is 120 Å². The largest absolute Gasteiger partial charge is 0.573 e. The maximum atomic E-state index is 12.0. The van der Waals surface area contributed by atoms with Gasteiger partial charge in [-0.05, 0) is 24.7 Å². The highest BCUT2D eigenvalue weighted by Crippen LogP contribution is 2.22. The fraction of sp³-hybridized carbons (Fsp3) is 0.357. The van der Waals surface area contributed by atoms with Crippen LogP contribution >= 0.6 is 0 Å². The Morgan fingerprint density at radius 3 is 2.52 bits per heavy atom. The smallest absolute Gasteiger partial charge is 0.406 e. The van der Waals surface area contributed by atoms with Gasteiger partial charge in [-0.1, -0.05) is 18.1 Å². The maximum absolute atomic E-state index is 12.0. The van der Waals surface area contributed by atoms with Crippen LogP contribution in [-0.2, 0) is 11.3 Å². The first-order chi connectivity index (χ1) is 9.80. The predicted octanol–water partition coefficient (Wildman–Crippen LogP) is 1.77. The van der Waals surface area contributed by atoms with E-state index >= 15 is 0 Å². The highest BCUT2D eigenvalue weighted by Gasteiger charge is 2.30. The molecule has 0 aliphatic heterocycles. The van der Waals surface area contributed by atoms with Gasteiger partial charge in [0.2, 0.25) is 5.91 Å². The molecule has 0 unspecified atom stereocenters. The number of rotatable bonds is 6.